The van der Waals surface area contributed by atoms with Crippen LogP contribution in [0.4, 0.5) is 17.1 Å². The number of fused-ring (bicyclic) bond motifs is 7. The molecule has 0 spiro atoms. The van der Waals surface area contributed by atoms with E-state index in [1.54, 1.807) is 0 Å². The van der Waals surface area contributed by atoms with Gasteiger partial charge in [-0.3, -0.25) is 0 Å². The molecular formula is C52H45N. The number of nitrogens with zero attached hydrogens (tertiary/aromatic N) is 1. The minimum atomic E-state index is -0.126. The minimum absolute atomic E-state index is 0.104. The van der Waals surface area contributed by atoms with Crippen molar-refractivity contribution in [3.05, 3.63) is 185 Å². The van der Waals surface area contributed by atoms with E-state index in [4.69, 9.17) is 0 Å². The topological polar surface area (TPSA) is 3.24 Å². The van der Waals surface area contributed by atoms with Gasteiger partial charge in [-0.05, 0) is 134 Å². The summed E-state index contributed by atoms with van der Waals surface area (Å²) in [5, 5.41) is 0. The third-order valence-electron chi connectivity index (χ3n) is 12.7. The Morgan fingerprint density at radius 1 is 0.377 bits per heavy atom. The van der Waals surface area contributed by atoms with Crippen LogP contribution in [-0.4, -0.2) is 0 Å². The van der Waals surface area contributed by atoms with Crippen LogP contribution in [0, 0.1) is 0 Å². The first-order chi connectivity index (χ1) is 25.8. The lowest BCUT2D eigenvalue weighted by Crippen LogP contribution is -2.18. The Bertz CT molecular complexity index is 2550. The fraction of sp³-hybridized carbons (Fsp3) is 0.192. The minimum Gasteiger partial charge on any atom is -0.310 e. The average molecular weight is 684 g/mol. The molecule has 3 aliphatic rings. The van der Waals surface area contributed by atoms with Crippen LogP contribution in [0.25, 0.3) is 44.5 Å². The number of hydrogen-bond donors (Lipinski definition) is 0. The molecule has 0 aromatic heterocycles. The second kappa shape index (κ2) is 11.9. The van der Waals surface area contributed by atoms with Gasteiger partial charge in [0.25, 0.3) is 0 Å². The summed E-state index contributed by atoms with van der Waals surface area (Å²) in [6.45, 7) is 9.56. The van der Waals surface area contributed by atoms with Crippen molar-refractivity contribution in [2.75, 3.05) is 4.90 Å². The summed E-state index contributed by atoms with van der Waals surface area (Å²) in [4.78, 5) is 2.54. The van der Waals surface area contributed by atoms with Crippen LogP contribution >= 0.6 is 0 Å². The molecule has 0 unspecified atom stereocenters. The van der Waals surface area contributed by atoms with Crippen molar-refractivity contribution in [1.82, 2.24) is 0 Å². The fourth-order valence-corrected chi connectivity index (χ4v) is 9.75. The standard InChI is InChI=1S/C52H45N/c1-51(2)46-20-12-10-18-41(46)43-29-28-40(31-48(43)51)53(39-26-24-36(25-27-39)34-14-6-5-7-15-34)50-33-49-45(42-19-11-13-21-47(42)52(49,3)4)32-44(50)38-23-22-35-16-8-9-17-37(35)30-38/h5-7,10-15,18-33H,8-9,16-17H2,1-4H3. The van der Waals surface area contributed by atoms with E-state index in [0.717, 1.165) is 12.1 Å². The molecule has 0 aliphatic heterocycles. The van der Waals surface area contributed by atoms with E-state index < -0.39 is 0 Å². The van der Waals surface area contributed by atoms with Gasteiger partial charge in [-0.25, -0.2) is 0 Å². The van der Waals surface area contributed by atoms with Gasteiger partial charge in [0, 0.05) is 27.8 Å². The first-order valence-corrected chi connectivity index (χ1v) is 19.4. The Kier molecular flexibility index (Phi) is 7.21. The number of hydrogen-bond acceptors (Lipinski definition) is 1. The van der Waals surface area contributed by atoms with Crippen molar-refractivity contribution in [3.63, 3.8) is 0 Å². The highest BCUT2D eigenvalue weighted by Crippen LogP contribution is 2.55. The lowest BCUT2D eigenvalue weighted by molar-refractivity contribution is 0.660. The molecule has 0 saturated carbocycles. The first-order valence-electron chi connectivity index (χ1n) is 19.4. The van der Waals surface area contributed by atoms with Crippen LogP contribution in [0.2, 0.25) is 0 Å². The van der Waals surface area contributed by atoms with Gasteiger partial charge in [-0.2, -0.15) is 0 Å². The Balaban J connectivity index is 1.23. The summed E-state index contributed by atoms with van der Waals surface area (Å²) >= 11 is 0. The number of rotatable bonds is 5. The molecule has 7 aromatic rings. The van der Waals surface area contributed by atoms with Crippen LogP contribution < -0.4 is 4.90 Å². The first kappa shape index (κ1) is 32.0. The molecule has 0 radical (unpaired) electrons. The molecule has 0 saturated heterocycles. The molecule has 3 aliphatic carbocycles. The maximum atomic E-state index is 2.54. The average Bonchev–Trinajstić information content (AvgIpc) is 3.57. The predicted molar refractivity (Wildman–Crippen MR) is 224 cm³/mol. The van der Waals surface area contributed by atoms with Crippen molar-refractivity contribution >= 4 is 17.1 Å². The molecule has 0 bridgehead atoms. The Morgan fingerprint density at radius 3 is 1.64 bits per heavy atom. The molecule has 53 heavy (non-hydrogen) atoms. The summed E-state index contributed by atoms with van der Waals surface area (Å²) in [5.74, 6) is 0. The molecule has 0 fully saturated rings. The molecule has 0 amide bonds. The van der Waals surface area contributed by atoms with E-state index in [9.17, 15) is 0 Å². The zero-order valence-electron chi connectivity index (χ0n) is 31.2. The van der Waals surface area contributed by atoms with Gasteiger partial charge in [0.05, 0.1) is 5.69 Å². The molecule has 7 aromatic carbocycles. The van der Waals surface area contributed by atoms with Gasteiger partial charge >= 0.3 is 0 Å². The smallest absolute Gasteiger partial charge is 0.0543 e. The van der Waals surface area contributed by atoms with Crippen LogP contribution in [0.3, 0.4) is 0 Å². The molecule has 10 rings (SSSR count). The normalized spacial score (nSPS) is 15.5. The van der Waals surface area contributed by atoms with Gasteiger partial charge in [0.2, 0.25) is 0 Å². The fourth-order valence-electron chi connectivity index (χ4n) is 9.75. The zero-order chi connectivity index (χ0) is 35.9. The highest BCUT2D eigenvalue weighted by Gasteiger charge is 2.38. The van der Waals surface area contributed by atoms with Crippen molar-refractivity contribution in [2.24, 2.45) is 0 Å². The molecular weight excluding hydrogens is 639 g/mol. The largest absolute Gasteiger partial charge is 0.310 e. The van der Waals surface area contributed by atoms with Crippen LogP contribution in [-0.2, 0) is 23.7 Å². The highest BCUT2D eigenvalue weighted by molar-refractivity contribution is 5.96. The summed E-state index contributed by atoms with van der Waals surface area (Å²) in [7, 11) is 0. The third-order valence-corrected chi connectivity index (χ3v) is 12.7. The number of anilines is 3. The van der Waals surface area contributed by atoms with Crippen molar-refractivity contribution < 1.29 is 0 Å². The maximum Gasteiger partial charge on any atom is 0.0543 e. The lowest BCUT2D eigenvalue weighted by atomic mass is 9.81. The second-order valence-corrected chi connectivity index (χ2v) is 16.4. The highest BCUT2D eigenvalue weighted by atomic mass is 15.1. The van der Waals surface area contributed by atoms with Gasteiger partial charge in [-0.15, -0.1) is 0 Å². The lowest BCUT2D eigenvalue weighted by Gasteiger charge is -2.32. The van der Waals surface area contributed by atoms with Crippen LogP contribution in [0.5, 0.6) is 0 Å². The summed E-state index contributed by atoms with van der Waals surface area (Å²) in [5.41, 5.74) is 22.4. The third kappa shape index (κ3) is 4.97. The van der Waals surface area contributed by atoms with Gasteiger partial charge < -0.3 is 4.90 Å². The molecule has 258 valence electrons. The van der Waals surface area contributed by atoms with E-state index in [1.165, 1.54) is 109 Å². The van der Waals surface area contributed by atoms with Crippen molar-refractivity contribution in [2.45, 2.75) is 64.2 Å². The number of aryl methyl sites for hydroxylation is 2. The quantitative estimate of drug-likeness (QED) is 0.175. The van der Waals surface area contributed by atoms with E-state index in [2.05, 4.69) is 184 Å². The van der Waals surface area contributed by atoms with Crippen LogP contribution in [0.1, 0.15) is 73.9 Å². The van der Waals surface area contributed by atoms with E-state index in [0.29, 0.717) is 0 Å². The molecule has 1 heteroatoms. The van der Waals surface area contributed by atoms with Crippen molar-refractivity contribution in [1.29, 1.82) is 0 Å². The van der Waals surface area contributed by atoms with Gasteiger partial charge in [0.15, 0.2) is 0 Å². The molecule has 1 nitrogen and oxygen atoms in total. The molecule has 0 heterocycles. The van der Waals surface area contributed by atoms with Gasteiger partial charge in [-0.1, -0.05) is 143 Å². The Labute approximate surface area is 314 Å². The van der Waals surface area contributed by atoms with Gasteiger partial charge in [0.1, 0.15) is 0 Å². The SMILES string of the molecule is CC1(C)c2ccccc2-c2ccc(N(c3ccc(-c4ccccc4)cc3)c3cc4c(cc3-c3ccc5c(c3)CCCC5)-c3ccccc3C4(C)C)cc21. The van der Waals surface area contributed by atoms with E-state index in [1.807, 2.05) is 0 Å². The summed E-state index contributed by atoms with van der Waals surface area (Å²) in [6, 6.07) is 57.5. The van der Waals surface area contributed by atoms with Crippen LogP contribution in [0.15, 0.2) is 152 Å². The van der Waals surface area contributed by atoms with Crippen molar-refractivity contribution in [3.8, 4) is 44.5 Å². The number of benzene rings is 7. The Morgan fingerprint density at radius 2 is 0.925 bits per heavy atom. The monoisotopic (exact) mass is 683 g/mol. The molecule has 0 atom stereocenters. The second-order valence-electron chi connectivity index (χ2n) is 16.4. The zero-order valence-corrected chi connectivity index (χ0v) is 31.2. The maximum absolute atomic E-state index is 2.54. The molecule has 0 N–H and O–H groups in total. The summed E-state index contributed by atoms with van der Waals surface area (Å²) < 4.78 is 0. The Hall–Kier alpha value is -5.66. The van der Waals surface area contributed by atoms with E-state index >= 15 is 0 Å². The summed E-state index contributed by atoms with van der Waals surface area (Å²) in [6.07, 6.45) is 4.89. The predicted octanol–water partition coefficient (Wildman–Crippen LogP) is 14.0. The van der Waals surface area contributed by atoms with E-state index in [-0.39, 0.29) is 10.8 Å².